The molecule has 200 valence electrons. The predicted octanol–water partition coefficient (Wildman–Crippen LogP) is 3.93. The van der Waals surface area contributed by atoms with Crippen LogP contribution in [-0.2, 0) is 9.53 Å². The van der Waals surface area contributed by atoms with Gasteiger partial charge in [0.2, 0.25) is 0 Å². The van der Waals surface area contributed by atoms with E-state index in [1.54, 1.807) is 76.6 Å². The maximum Gasteiger partial charge on any atom is 0.338 e. The van der Waals surface area contributed by atoms with Crippen molar-refractivity contribution in [1.82, 2.24) is 4.57 Å². The Kier molecular flexibility index (Phi) is 8.32. The van der Waals surface area contributed by atoms with Crippen LogP contribution >= 0.6 is 23.1 Å². The number of hydrogen-bond acceptors (Lipinski definition) is 9. The summed E-state index contributed by atoms with van der Waals surface area (Å²) in [6, 6.07) is 10.6. The number of nitrogens with zero attached hydrogens (tertiary/aromatic N) is 2. The number of rotatable bonds is 8. The van der Waals surface area contributed by atoms with Crippen LogP contribution in [0, 0.1) is 0 Å². The molecule has 0 unspecified atom stereocenters. The maximum absolute atomic E-state index is 13.9. The molecule has 2 aromatic carbocycles. The number of carbonyl (C=O) groups excluding carboxylic acids is 1. The van der Waals surface area contributed by atoms with Crippen molar-refractivity contribution < 1.29 is 23.7 Å². The lowest BCUT2D eigenvalue weighted by atomic mass is 9.96. The van der Waals surface area contributed by atoms with Crippen LogP contribution < -0.4 is 29.1 Å². The molecule has 1 aliphatic heterocycles. The highest BCUT2D eigenvalue weighted by Gasteiger charge is 2.33. The summed E-state index contributed by atoms with van der Waals surface area (Å²) in [5.41, 5.74) is 2.03. The van der Waals surface area contributed by atoms with Crippen molar-refractivity contribution in [2.45, 2.75) is 37.8 Å². The Morgan fingerprint density at radius 2 is 1.68 bits per heavy atom. The Morgan fingerprint density at radius 1 is 1.05 bits per heavy atom. The van der Waals surface area contributed by atoms with Crippen LogP contribution in [0.5, 0.6) is 17.2 Å². The highest BCUT2D eigenvalue weighted by Crippen LogP contribution is 2.35. The van der Waals surface area contributed by atoms with E-state index in [9.17, 15) is 9.59 Å². The first-order valence-electron chi connectivity index (χ1n) is 11.9. The second-order valence-corrected chi connectivity index (χ2v) is 10.6. The van der Waals surface area contributed by atoms with E-state index in [4.69, 9.17) is 18.9 Å². The topological polar surface area (TPSA) is 88.4 Å². The zero-order chi connectivity index (χ0) is 27.6. The van der Waals surface area contributed by atoms with Crippen molar-refractivity contribution in [2.24, 2.45) is 4.99 Å². The predicted molar refractivity (Wildman–Crippen MR) is 149 cm³/mol. The van der Waals surface area contributed by atoms with Crippen molar-refractivity contribution in [3.63, 3.8) is 0 Å². The van der Waals surface area contributed by atoms with E-state index < -0.39 is 12.0 Å². The summed E-state index contributed by atoms with van der Waals surface area (Å²) in [4.78, 5) is 33.4. The molecule has 0 amide bonds. The van der Waals surface area contributed by atoms with Crippen molar-refractivity contribution >= 4 is 35.1 Å². The van der Waals surface area contributed by atoms with Gasteiger partial charge in [-0.3, -0.25) is 9.36 Å². The first-order valence-corrected chi connectivity index (χ1v) is 13.9. The smallest absolute Gasteiger partial charge is 0.338 e. The number of hydrogen-bond donors (Lipinski definition) is 0. The maximum atomic E-state index is 13.9. The average Bonchev–Trinajstić information content (AvgIpc) is 3.21. The van der Waals surface area contributed by atoms with Gasteiger partial charge in [-0.2, -0.15) is 0 Å². The lowest BCUT2D eigenvalue weighted by Crippen LogP contribution is -2.40. The number of esters is 1. The van der Waals surface area contributed by atoms with E-state index in [0.29, 0.717) is 43.4 Å². The van der Waals surface area contributed by atoms with Crippen molar-refractivity contribution in [3.05, 3.63) is 78.5 Å². The van der Waals surface area contributed by atoms with Gasteiger partial charge >= 0.3 is 5.97 Å². The fourth-order valence-corrected chi connectivity index (χ4v) is 5.71. The molecule has 0 radical (unpaired) electrons. The summed E-state index contributed by atoms with van der Waals surface area (Å²) >= 11 is 2.87. The third kappa shape index (κ3) is 5.23. The lowest BCUT2D eigenvalue weighted by Gasteiger charge is -2.25. The van der Waals surface area contributed by atoms with Gasteiger partial charge in [-0.25, -0.2) is 9.79 Å². The molecule has 2 heterocycles. The molecule has 1 aliphatic rings. The fraction of sp³-hybridized carbons (Fsp3) is 0.321. The van der Waals surface area contributed by atoms with Crippen LogP contribution in [-0.4, -0.2) is 44.2 Å². The number of ether oxygens (including phenoxy) is 4. The second kappa shape index (κ2) is 11.5. The Bertz CT molecular complexity index is 1570. The number of allylic oxidation sites excluding steroid dienone is 1. The van der Waals surface area contributed by atoms with Gasteiger partial charge in [0, 0.05) is 16.5 Å². The fourth-order valence-electron chi connectivity index (χ4n) is 4.27. The summed E-state index contributed by atoms with van der Waals surface area (Å²) < 4.78 is 24.0. The number of thiazole rings is 1. The van der Waals surface area contributed by atoms with Gasteiger partial charge in [0.25, 0.3) is 5.56 Å². The third-order valence-corrected chi connectivity index (χ3v) is 7.76. The zero-order valence-corrected chi connectivity index (χ0v) is 24.0. The molecular weight excluding hydrogens is 524 g/mol. The molecular formula is C28H30N2O6S2. The highest BCUT2D eigenvalue weighted by atomic mass is 32.2. The van der Waals surface area contributed by atoms with Crippen LogP contribution in [0.25, 0.3) is 6.08 Å². The molecule has 0 saturated carbocycles. The third-order valence-electron chi connectivity index (χ3n) is 6.04. The minimum Gasteiger partial charge on any atom is -0.496 e. The molecule has 10 heteroatoms. The normalized spacial score (nSPS) is 15.3. The second-order valence-electron chi connectivity index (χ2n) is 8.76. The van der Waals surface area contributed by atoms with Crippen LogP contribution in [0.3, 0.4) is 0 Å². The number of carbonyl (C=O) groups is 1. The summed E-state index contributed by atoms with van der Waals surface area (Å²) in [6.45, 7) is 5.36. The quantitative estimate of drug-likeness (QED) is 0.308. The Labute approximate surface area is 229 Å². The number of aromatic nitrogens is 1. The van der Waals surface area contributed by atoms with Gasteiger partial charge < -0.3 is 18.9 Å². The first-order chi connectivity index (χ1) is 18.2. The van der Waals surface area contributed by atoms with Crippen molar-refractivity contribution in [2.75, 3.05) is 27.6 Å². The van der Waals surface area contributed by atoms with Crippen LogP contribution in [0.1, 0.15) is 37.9 Å². The Balaban J connectivity index is 1.95. The summed E-state index contributed by atoms with van der Waals surface area (Å²) in [7, 11) is 4.64. The molecule has 8 nitrogen and oxygen atoms in total. The molecule has 1 atom stereocenters. The largest absolute Gasteiger partial charge is 0.496 e. The van der Waals surface area contributed by atoms with Crippen molar-refractivity contribution in [1.29, 1.82) is 0 Å². The van der Waals surface area contributed by atoms with E-state index in [-0.39, 0.29) is 11.7 Å². The van der Waals surface area contributed by atoms with Crippen molar-refractivity contribution in [3.8, 4) is 17.2 Å². The Morgan fingerprint density at radius 3 is 2.26 bits per heavy atom. The minimum absolute atomic E-state index is 0.271. The minimum atomic E-state index is -0.678. The monoisotopic (exact) mass is 554 g/mol. The van der Waals surface area contributed by atoms with Gasteiger partial charge in [-0.1, -0.05) is 23.5 Å². The van der Waals surface area contributed by atoms with Crippen LogP contribution in [0.4, 0.5) is 0 Å². The Hall–Kier alpha value is -3.50. The van der Waals surface area contributed by atoms with Crippen LogP contribution in [0.2, 0.25) is 0 Å². The van der Waals surface area contributed by atoms with Crippen LogP contribution in [0.15, 0.2) is 62.4 Å². The number of thioether (sulfide) groups is 1. The van der Waals surface area contributed by atoms with Gasteiger partial charge in [-0.05, 0) is 56.9 Å². The van der Waals surface area contributed by atoms with E-state index in [1.165, 1.54) is 11.3 Å². The highest BCUT2D eigenvalue weighted by molar-refractivity contribution is 7.98. The van der Waals surface area contributed by atoms with E-state index in [2.05, 4.69) is 4.99 Å². The lowest BCUT2D eigenvalue weighted by molar-refractivity contribution is -0.143. The van der Waals surface area contributed by atoms with E-state index in [1.807, 2.05) is 30.5 Å². The molecule has 1 aromatic heterocycles. The van der Waals surface area contributed by atoms with E-state index in [0.717, 1.165) is 10.5 Å². The number of methoxy groups -OCH3 is 3. The molecule has 0 aliphatic carbocycles. The molecule has 3 aromatic rings. The van der Waals surface area contributed by atoms with Gasteiger partial charge in [0.05, 0.1) is 49.3 Å². The molecule has 0 saturated heterocycles. The molecule has 0 spiro atoms. The summed E-state index contributed by atoms with van der Waals surface area (Å²) in [5, 5.41) is 0. The molecule has 38 heavy (non-hydrogen) atoms. The SMILES string of the molecule is COc1cc(OC)c(OC)cc1/C=c1/sc2n(c1=O)[C@@H](c1ccc(SC)cc1)C(C(=O)OC(C)C)=C(C)N=2. The van der Waals surface area contributed by atoms with Gasteiger partial charge in [0.1, 0.15) is 5.75 Å². The van der Waals surface area contributed by atoms with Gasteiger partial charge in [-0.15, -0.1) is 11.8 Å². The average molecular weight is 555 g/mol. The summed E-state index contributed by atoms with van der Waals surface area (Å²) in [6.07, 6.45) is 3.42. The molecule has 4 rings (SSSR count). The zero-order valence-electron chi connectivity index (χ0n) is 22.4. The number of benzene rings is 2. The standard InChI is InChI=1S/C28H30N2O6S2/c1-15(2)36-27(32)24-16(3)29-28-30(25(24)17-8-10-19(37-7)11-9-17)26(31)23(38-28)13-18-12-21(34-5)22(35-6)14-20(18)33-4/h8-15,25H,1-7H3/b23-13+/t25-/m0/s1. The van der Waals surface area contributed by atoms with E-state index >= 15 is 0 Å². The molecule has 0 bridgehead atoms. The molecule has 0 fully saturated rings. The molecule has 0 N–H and O–H groups in total. The first kappa shape index (κ1) is 27.5. The number of fused-ring (bicyclic) bond motifs is 1. The van der Waals surface area contributed by atoms with Gasteiger partial charge in [0.15, 0.2) is 16.3 Å². The summed E-state index contributed by atoms with van der Waals surface area (Å²) in [5.74, 6) is 1.06.